The lowest BCUT2D eigenvalue weighted by Gasteiger charge is -1.93. The molecule has 0 aliphatic carbocycles. The van der Waals surface area contributed by atoms with Crippen molar-refractivity contribution in [2.24, 2.45) is 0 Å². The molecule has 0 aromatic carbocycles. The summed E-state index contributed by atoms with van der Waals surface area (Å²) in [6.45, 7) is 9.44. The molecule has 0 heterocycles. The Balaban J connectivity index is -0.000000320. The summed E-state index contributed by atoms with van der Waals surface area (Å²) in [5.74, 6) is 0. The second-order valence-electron chi connectivity index (χ2n) is 1.93. The molecule has 0 bridgehead atoms. The van der Waals surface area contributed by atoms with Crippen molar-refractivity contribution in [2.45, 2.75) is 34.6 Å². The predicted octanol–water partition coefficient (Wildman–Crippen LogP) is 4.36. The average molecular weight is 154 g/mol. The normalized spacial score (nSPS) is 9.00. The number of allylic oxidation sites excluding steroid dienone is 4. The van der Waals surface area contributed by atoms with Gasteiger partial charge in [-0.15, -0.1) is 0 Å². The highest BCUT2D eigenvalue weighted by Gasteiger charge is 1.84. The van der Waals surface area contributed by atoms with E-state index in [2.05, 4.69) is 20.1 Å². The molecule has 0 N–H and O–H groups in total. The molecule has 0 saturated carbocycles. The van der Waals surface area contributed by atoms with Gasteiger partial charge in [0.2, 0.25) is 0 Å². The van der Waals surface area contributed by atoms with Gasteiger partial charge in [0, 0.05) is 0 Å². The van der Waals surface area contributed by atoms with E-state index < -0.39 is 0 Å². The highest BCUT2D eigenvalue weighted by atomic mass is 13.9. The summed E-state index contributed by atoms with van der Waals surface area (Å²) in [4.78, 5) is 0. The Morgan fingerprint density at radius 2 is 1.82 bits per heavy atom. The van der Waals surface area contributed by atoms with Crippen LogP contribution in [-0.4, -0.2) is 0 Å². The molecular weight excluding hydrogens is 132 g/mol. The molecule has 0 saturated heterocycles. The first kappa shape index (κ1) is 16.7. The highest BCUT2D eigenvalue weighted by Crippen LogP contribution is 2.04. The van der Waals surface area contributed by atoms with Gasteiger partial charge in [0.25, 0.3) is 0 Å². The Bertz CT molecular complexity index is 118. The molecule has 0 nitrogen and oxygen atoms in total. The lowest BCUT2D eigenvalue weighted by atomic mass is 10.1. The van der Waals surface area contributed by atoms with Gasteiger partial charge in [-0.1, -0.05) is 59.6 Å². The molecule has 0 rings (SSSR count). The Labute approximate surface area is 72.3 Å². The molecule has 0 amide bonds. The van der Waals surface area contributed by atoms with Crippen LogP contribution < -0.4 is 0 Å². The van der Waals surface area contributed by atoms with E-state index in [1.807, 2.05) is 12.2 Å². The molecule has 0 heteroatoms. The maximum absolute atomic E-state index is 3.68. The molecular formula is C11H22. The Morgan fingerprint density at radius 1 is 1.27 bits per heavy atom. The van der Waals surface area contributed by atoms with E-state index in [0.717, 1.165) is 6.42 Å². The van der Waals surface area contributed by atoms with E-state index in [9.17, 15) is 0 Å². The third-order valence-electron chi connectivity index (χ3n) is 1.13. The molecule has 66 valence electrons. The van der Waals surface area contributed by atoms with Gasteiger partial charge in [0.1, 0.15) is 0 Å². The van der Waals surface area contributed by atoms with Crippen molar-refractivity contribution >= 4 is 0 Å². The van der Waals surface area contributed by atoms with Gasteiger partial charge in [-0.2, -0.15) is 0 Å². The Kier molecular flexibility index (Phi) is 18.1. The monoisotopic (exact) mass is 154 g/mol. The largest absolute Gasteiger partial charge is 0.0991 e. The van der Waals surface area contributed by atoms with Crippen LogP contribution in [-0.2, 0) is 0 Å². The Morgan fingerprint density at radius 3 is 2.09 bits per heavy atom. The van der Waals surface area contributed by atoms with Crippen LogP contribution in [0.3, 0.4) is 0 Å². The minimum absolute atomic E-state index is 0. The van der Waals surface area contributed by atoms with Gasteiger partial charge >= 0.3 is 0 Å². The van der Waals surface area contributed by atoms with Gasteiger partial charge in [0.05, 0.1) is 0 Å². The third kappa shape index (κ3) is 9.22. The lowest BCUT2D eigenvalue weighted by molar-refractivity contribution is 0.927. The van der Waals surface area contributed by atoms with Gasteiger partial charge in [-0.3, -0.25) is 0 Å². The molecule has 0 fully saturated rings. The smallest absolute Gasteiger partial charge is 0.0282 e. The summed E-state index contributed by atoms with van der Waals surface area (Å²) in [5.41, 5.74) is 1.27. The molecule has 0 aliphatic rings. The highest BCUT2D eigenvalue weighted by molar-refractivity contribution is 5.20. The number of hydrogen-bond acceptors (Lipinski definition) is 0. The van der Waals surface area contributed by atoms with E-state index in [0.29, 0.717) is 0 Å². The molecule has 0 atom stereocenters. The molecule has 0 radical (unpaired) electrons. The summed E-state index contributed by atoms with van der Waals surface area (Å²) in [5, 5.41) is 0. The van der Waals surface area contributed by atoms with Gasteiger partial charge in [-0.05, 0) is 12.0 Å². The van der Waals surface area contributed by atoms with Gasteiger partial charge in [-0.25, -0.2) is 0 Å². The SMILES string of the molecule is C.C.C=C/C=C(\C=C)CCC. The van der Waals surface area contributed by atoms with Crippen LogP contribution in [0.25, 0.3) is 0 Å². The zero-order valence-electron chi connectivity index (χ0n) is 6.06. The summed E-state index contributed by atoms with van der Waals surface area (Å²) in [6, 6.07) is 0. The van der Waals surface area contributed by atoms with Crippen LogP contribution in [0.2, 0.25) is 0 Å². The van der Waals surface area contributed by atoms with Crippen LogP contribution >= 0.6 is 0 Å². The maximum Gasteiger partial charge on any atom is -0.0282 e. The standard InChI is InChI=1S/C9H14.2CH4/c1-4-7-9(6-3)8-5-2;;/h4,6-7H,1,3,5,8H2,2H3;2*1H4/b9-7+;;. The molecule has 0 spiro atoms. The molecule has 0 aliphatic heterocycles. The zero-order valence-corrected chi connectivity index (χ0v) is 6.06. The Hall–Kier alpha value is -0.780. The van der Waals surface area contributed by atoms with Crippen LogP contribution in [0.4, 0.5) is 0 Å². The topological polar surface area (TPSA) is 0 Å². The molecule has 0 unspecified atom stereocenters. The minimum atomic E-state index is 0. The van der Waals surface area contributed by atoms with Crippen molar-refractivity contribution in [3.05, 3.63) is 37.0 Å². The van der Waals surface area contributed by atoms with Crippen LogP contribution in [0, 0.1) is 0 Å². The fourth-order valence-corrected chi connectivity index (χ4v) is 0.693. The summed E-state index contributed by atoms with van der Waals surface area (Å²) in [7, 11) is 0. The van der Waals surface area contributed by atoms with Crippen LogP contribution in [0.15, 0.2) is 37.0 Å². The first-order valence-electron chi connectivity index (χ1n) is 3.29. The zero-order chi connectivity index (χ0) is 7.11. The second kappa shape index (κ2) is 12.0. The van der Waals surface area contributed by atoms with E-state index in [1.54, 1.807) is 6.08 Å². The quantitative estimate of drug-likeness (QED) is 0.528. The van der Waals surface area contributed by atoms with Crippen molar-refractivity contribution in [2.75, 3.05) is 0 Å². The fourth-order valence-electron chi connectivity index (χ4n) is 0.693. The summed E-state index contributed by atoms with van der Waals surface area (Å²) >= 11 is 0. The molecule has 0 aromatic heterocycles. The minimum Gasteiger partial charge on any atom is -0.0991 e. The fraction of sp³-hybridized carbons (Fsp3) is 0.455. The van der Waals surface area contributed by atoms with Crippen molar-refractivity contribution in [1.82, 2.24) is 0 Å². The average Bonchev–Trinajstić information content (AvgIpc) is 1.88. The van der Waals surface area contributed by atoms with Crippen molar-refractivity contribution in [3.8, 4) is 0 Å². The van der Waals surface area contributed by atoms with E-state index in [4.69, 9.17) is 0 Å². The van der Waals surface area contributed by atoms with Crippen molar-refractivity contribution < 1.29 is 0 Å². The summed E-state index contributed by atoms with van der Waals surface area (Å²) < 4.78 is 0. The van der Waals surface area contributed by atoms with E-state index >= 15 is 0 Å². The first-order valence-corrected chi connectivity index (χ1v) is 3.29. The van der Waals surface area contributed by atoms with Crippen LogP contribution in [0.5, 0.6) is 0 Å². The van der Waals surface area contributed by atoms with Crippen LogP contribution in [0.1, 0.15) is 34.6 Å². The van der Waals surface area contributed by atoms with E-state index in [1.165, 1.54) is 12.0 Å². The predicted molar refractivity (Wildman–Crippen MR) is 56.8 cm³/mol. The van der Waals surface area contributed by atoms with Crippen molar-refractivity contribution in [3.63, 3.8) is 0 Å². The number of hydrogen-bond donors (Lipinski definition) is 0. The molecule has 11 heavy (non-hydrogen) atoms. The van der Waals surface area contributed by atoms with Gasteiger partial charge < -0.3 is 0 Å². The summed E-state index contributed by atoms with van der Waals surface area (Å²) in [6.07, 6.45) is 7.95. The molecule has 0 aromatic rings. The van der Waals surface area contributed by atoms with Crippen molar-refractivity contribution in [1.29, 1.82) is 0 Å². The third-order valence-corrected chi connectivity index (χ3v) is 1.13. The number of rotatable bonds is 4. The second-order valence-corrected chi connectivity index (χ2v) is 1.93. The first-order chi connectivity index (χ1) is 4.35. The lowest BCUT2D eigenvalue weighted by Crippen LogP contribution is -1.73. The van der Waals surface area contributed by atoms with E-state index in [-0.39, 0.29) is 14.9 Å². The van der Waals surface area contributed by atoms with Gasteiger partial charge in [0.15, 0.2) is 0 Å². The maximum atomic E-state index is 3.68.